The number of aromatic nitrogens is 1. The molecule has 0 saturated heterocycles. The van der Waals surface area contributed by atoms with Crippen molar-refractivity contribution >= 4 is 0 Å². The van der Waals surface area contributed by atoms with Gasteiger partial charge < -0.3 is 4.74 Å². The Balaban J connectivity index is 1.72. The van der Waals surface area contributed by atoms with Crippen LogP contribution in [0.1, 0.15) is 37.7 Å². The number of pyridine rings is 1. The van der Waals surface area contributed by atoms with E-state index in [1.807, 2.05) is 12.3 Å². The zero-order valence-electron chi connectivity index (χ0n) is 9.48. The molecule has 1 aromatic heterocycles. The first kappa shape index (κ1) is 9.03. The highest BCUT2D eigenvalue weighted by Crippen LogP contribution is 2.53. The van der Waals surface area contributed by atoms with Gasteiger partial charge in [-0.3, -0.25) is 0 Å². The van der Waals surface area contributed by atoms with Gasteiger partial charge in [-0.15, -0.1) is 0 Å². The normalized spacial score (nSPS) is 39.8. The largest absolute Gasteiger partial charge is 0.470 e. The molecular formula is C14H17NO. The molecule has 0 N–H and O–H groups in total. The van der Waals surface area contributed by atoms with Crippen molar-refractivity contribution in [1.29, 1.82) is 0 Å². The molecule has 5 rings (SSSR count). The highest BCUT2D eigenvalue weighted by atomic mass is 16.5. The summed E-state index contributed by atoms with van der Waals surface area (Å²) >= 11 is 0. The molecule has 84 valence electrons. The average molecular weight is 215 g/mol. The lowest BCUT2D eigenvalue weighted by molar-refractivity contribution is -0.0637. The summed E-state index contributed by atoms with van der Waals surface area (Å²) in [6.07, 6.45) is 9.83. The van der Waals surface area contributed by atoms with Crippen LogP contribution in [0.4, 0.5) is 0 Å². The highest BCUT2D eigenvalue weighted by molar-refractivity contribution is 5.34. The summed E-state index contributed by atoms with van der Waals surface area (Å²) < 4.78 is 6.26. The second kappa shape index (κ2) is 2.99. The van der Waals surface area contributed by atoms with Crippen molar-refractivity contribution < 1.29 is 4.74 Å². The van der Waals surface area contributed by atoms with Crippen LogP contribution in [0.25, 0.3) is 0 Å². The van der Waals surface area contributed by atoms with Gasteiger partial charge in [0.25, 0.3) is 0 Å². The van der Waals surface area contributed by atoms with Gasteiger partial charge in [-0.2, -0.15) is 0 Å². The van der Waals surface area contributed by atoms with Gasteiger partial charge in [0.2, 0.25) is 5.88 Å². The number of rotatable bonds is 0. The van der Waals surface area contributed by atoms with Gasteiger partial charge in [-0.1, -0.05) is 6.07 Å². The fourth-order valence-electron chi connectivity index (χ4n) is 4.09. The van der Waals surface area contributed by atoms with Crippen LogP contribution in [0.15, 0.2) is 18.3 Å². The van der Waals surface area contributed by atoms with E-state index < -0.39 is 0 Å². The molecule has 0 amide bonds. The second-order valence-corrected chi connectivity index (χ2v) is 5.73. The molecule has 0 aromatic carbocycles. The van der Waals surface area contributed by atoms with Crippen molar-refractivity contribution in [2.75, 3.05) is 0 Å². The molecule has 2 heterocycles. The van der Waals surface area contributed by atoms with E-state index in [4.69, 9.17) is 4.74 Å². The van der Waals surface area contributed by atoms with Crippen molar-refractivity contribution in [3.63, 3.8) is 0 Å². The van der Waals surface area contributed by atoms with Gasteiger partial charge in [-0.25, -0.2) is 4.98 Å². The number of fused-ring (bicyclic) bond motifs is 3. The Hall–Kier alpha value is -1.05. The van der Waals surface area contributed by atoms with E-state index >= 15 is 0 Å². The van der Waals surface area contributed by atoms with Gasteiger partial charge in [0.1, 0.15) is 5.60 Å². The minimum absolute atomic E-state index is 0.137. The summed E-state index contributed by atoms with van der Waals surface area (Å²) in [7, 11) is 0. The first-order valence-electron chi connectivity index (χ1n) is 6.49. The molecule has 1 aliphatic heterocycles. The van der Waals surface area contributed by atoms with Crippen molar-refractivity contribution in [3.05, 3.63) is 23.9 Å². The summed E-state index contributed by atoms with van der Waals surface area (Å²) in [5.41, 5.74) is 1.47. The van der Waals surface area contributed by atoms with E-state index in [9.17, 15) is 0 Å². The molecule has 3 saturated carbocycles. The van der Waals surface area contributed by atoms with Crippen LogP contribution < -0.4 is 4.74 Å². The molecule has 1 atom stereocenters. The third-order valence-electron chi connectivity index (χ3n) is 4.86. The summed E-state index contributed by atoms with van der Waals surface area (Å²) in [5.74, 6) is 2.61. The van der Waals surface area contributed by atoms with E-state index in [2.05, 4.69) is 11.1 Å². The summed E-state index contributed by atoms with van der Waals surface area (Å²) in [6, 6.07) is 4.21. The van der Waals surface area contributed by atoms with Crippen molar-refractivity contribution in [2.45, 2.75) is 44.1 Å². The standard InChI is InChI=1S/C14H17NO/c1-2-11-9-14(16-13(11)15-7-1)8-10-3-5-12(14)6-4-10/h1-2,7,10,12H,3-6,8-9H2. The zero-order chi connectivity index (χ0) is 10.6. The van der Waals surface area contributed by atoms with E-state index in [0.717, 1.165) is 24.1 Å². The van der Waals surface area contributed by atoms with E-state index in [-0.39, 0.29) is 5.60 Å². The lowest BCUT2D eigenvalue weighted by atomic mass is 9.61. The van der Waals surface area contributed by atoms with E-state index in [1.165, 1.54) is 37.7 Å². The van der Waals surface area contributed by atoms with Crippen molar-refractivity contribution in [3.8, 4) is 5.88 Å². The predicted octanol–water partition coefficient (Wildman–Crippen LogP) is 2.97. The van der Waals surface area contributed by atoms with Crippen LogP contribution in [0.5, 0.6) is 5.88 Å². The number of ether oxygens (including phenoxy) is 1. The Morgan fingerprint density at radius 1 is 1.25 bits per heavy atom. The van der Waals surface area contributed by atoms with Crippen molar-refractivity contribution in [1.82, 2.24) is 4.98 Å². The van der Waals surface area contributed by atoms with Gasteiger partial charge in [0.05, 0.1) is 0 Å². The predicted molar refractivity (Wildman–Crippen MR) is 61.4 cm³/mol. The molecule has 1 unspecified atom stereocenters. The highest BCUT2D eigenvalue weighted by Gasteiger charge is 2.52. The lowest BCUT2D eigenvalue weighted by Gasteiger charge is -2.48. The maximum absolute atomic E-state index is 6.26. The van der Waals surface area contributed by atoms with Crippen LogP contribution >= 0.6 is 0 Å². The molecule has 2 heteroatoms. The Morgan fingerprint density at radius 2 is 2.12 bits per heavy atom. The Labute approximate surface area is 96.0 Å². The molecule has 3 fully saturated rings. The fraction of sp³-hybridized carbons (Fsp3) is 0.643. The van der Waals surface area contributed by atoms with Crippen LogP contribution in [0.2, 0.25) is 0 Å². The first-order chi connectivity index (χ1) is 7.86. The Bertz CT molecular complexity index is 395. The van der Waals surface area contributed by atoms with Gasteiger partial charge in [0, 0.05) is 18.2 Å². The molecule has 1 aromatic rings. The van der Waals surface area contributed by atoms with E-state index in [0.29, 0.717) is 0 Å². The van der Waals surface area contributed by atoms with Crippen LogP contribution in [-0.2, 0) is 6.42 Å². The lowest BCUT2D eigenvalue weighted by Crippen LogP contribution is -2.50. The summed E-state index contributed by atoms with van der Waals surface area (Å²) in [5, 5.41) is 0. The zero-order valence-corrected chi connectivity index (χ0v) is 9.48. The van der Waals surface area contributed by atoms with Gasteiger partial charge in [0.15, 0.2) is 0 Å². The topological polar surface area (TPSA) is 22.1 Å². The van der Waals surface area contributed by atoms with Crippen LogP contribution in [-0.4, -0.2) is 10.6 Å². The molecule has 16 heavy (non-hydrogen) atoms. The third-order valence-corrected chi connectivity index (χ3v) is 4.86. The summed E-state index contributed by atoms with van der Waals surface area (Å²) in [6.45, 7) is 0. The second-order valence-electron chi connectivity index (χ2n) is 5.73. The number of nitrogens with zero attached hydrogens (tertiary/aromatic N) is 1. The minimum atomic E-state index is 0.137. The third kappa shape index (κ3) is 1.10. The molecule has 3 aliphatic carbocycles. The van der Waals surface area contributed by atoms with Crippen LogP contribution in [0.3, 0.4) is 0 Å². The SMILES string of the molecule is c1cnc2c(c1)CC1(CC3CCC1CC3)O2. The molecule has 1 spiro atoms. The first-order valence-corrected chi connectivity index (χ1v) is 6.49. The molecule has 4 aliphatic rings. The fourth-order valence-corrected chi connectivity index (χ4v) is 4.09. The van der Waals surface area contributed by atoms with Crippen LogP contribution in [0, 0.1) is 11.8 Å². The summed E-state index contributed by atoms with van der Waals surface area (Å²) in [4.78, 5) is 4.37. The molecular weight excluding hydrogens is 198 g/mol. The number of hydrogen-bond acceptors (Lipinski definition) is 2. The monoisotopic (exact) mass is 215 g/mol. The average Bonchev–Trinajstić information content (AvgIpc) is 2.68. The van der Waals surface area contributed by atoms with Crippen molar-refractivity contribution in [2.24, 2.45) is 11.8 Å². The number of hydrogen-bond donors (Lipinski definition) is 0. The maximum Gasteiger partial charge on any atom is 0.217 e. The van der Waals surface area contributed by atoms with Gasteiger partial charge >= 0.3 is 0 Å². The smallest absolute Gasteiger partial charge is 0.217 e. The minimum Gasteiger partial charge on any atom is -0.470 e. The van der Waals surface area contributed by atoms with E-state index in [1.54, 1.807) is 0 Å². The Morgan fingerprint density at radius 3 is 2.81 bits per heavy atom. The Kier molecular flexibility index (Phi) is 1.69. The maximum atomic E-state index is 6.26. The molecule has 2 bridgehead atoms. The molecule has 0 radical (unpaired) electrons. The molecule has 2 nitrogen and oxygen atoms in total. The quantitative estimate of drug-likeness (QED) is 0.663. The van der Waals surface area contributed by atoms with Gasteiger partial charge in [-0.05, 0) is 50.0 Å².